The number of nitrogens with one attached hydrogen (secondary N) is 2. The van der Waals surface area contributed by atoms with E-state index in [-0.39, 0.29) is 16.6 Å². The number of sulfonamides is 1. The molecular weight excluding hydrogens is 268 g/mol. The summed E-state index contributed by atoms with van der Waals surface area (Å²) >= 11 is 0. The molecule has 19 heavy (non-hydrogen) atoms. The molecule has 0 bridgehead atoms. The van der Waals surface area contributed by atoms with Crippen LogP contribution in [-0.4, -0.2) is 38.0 Å². The van der Waals surface area contributed by atoms with Gasteiger partial charge in [-0.3, -0.25) is 4.79 Å². The first kappa shape index (κ1) is 12.6. The Morgan fingerprint density at radius 3 is 2.63 bits per heavy atom. The van der Waals surface area contributed by atoms with Gasteiger partial charge in [0.15, 0.2) is 0 Å². The van der Waals surface area contributed by atoms with Gasteiger partial charge in [0.2, 0.25) is 10.0 Å². The number of carbonyl (C=O) groups is 1. The molecule has 104 valence electrons. The summed E-state index contributed by atoms with van der Waals surface area (Å²) in [5.41, 5.74) is 5.36. The van der Waals surface area contributed by atoms with Crippen LogP contribution in [0.5, 0.6) is 0 Å². The lowest BCUT2D eigenvalue weighted by Gasteiger charge is -2.07. The lowest BCUT2D eigenvalue weighted by molar-refractivity contribution is 0.0992. The topological polar surface area (TPSA) is 106 Å². The van der Waals surface area contributed by atoms with Gasteiger partial charge in [-0.1, -0.05) is 0 Å². The zero-order valence-electron chi connectivity index (χ0n) is 10.5. The summed E-state index contributed by atoms with van der Waals surface area (Å²) < 4.78 is 28.5. The van der Waals surface area contributed by atoms with Gasteiger partial charge < -0.3 is 15.6 Å². The maximum absolute atomic E-state index is 12.2. The van der Waals surface area contributed by atoms with Crippen LogP contribution in [0.2, 0.25) is 0 Å². The number of aromatic nitrogens is 1. The quantitative estimate of drug-likeness (QED) is 0.633. The van der Waals surface area contributed by atoms with Crippen LogP contribution in [0.4, 0.5) is 0 Å². The Bertz CT molecular complexity index is 626. The molecule has 0 spiro atoms. The smallest absolute Gasteiger partial charge is 0.265 e. The van der Waals surface area contributed by atoms with Crippen LogP contribution >= 0.6 is 0 Å². The molecule has 8 heteroatoms. The van der Waals surface area contributed by atoms with Crippen molar-refractivity contribution < 1.29 is 13.2 Å². The molecule has 0 radical (unpaired) electrons. The monoisotopic (exact) mass is 284 g/mol. The first-order chi connectivity index (χ1) is 8.90. The molecule has 0 aromatic carbocycles. The number of amides is 1. The number of nitrogens with two attached hydrogens (primary N) is 1. The average Bonchev–Trinajstić information content (AvgIpc) is 2.73. The molecule has 1 saturated carbocycles. The van der Waals surface area contributed by atoms with Crippen molar-refractivity contribution in [3.05, 3.63) is 18.0 Å². The fraction of sp³-hybridized carbons (Fsp3) is 0.545. The predicted molar refractivity (Wildman–Crippen MR) is 67.9 cm³/mol. The van der Waals surface area contributed by atoms with Gasteiger partial charge in [0.05, 0.1) is 0 Å². The summed E-state index contributed by atoms with van der Waals surface area (Å²) in [6.07, 6.45) is 1.40. The largest absolute Gasteiger partial charge is 0.364 e. The molecule has 1 aromatic rings. The fourth-order valence-corrected chi connectivity index (χ4v) is 4.17. The molecule has 3 rings (SSSR count). The van der Waals surface area contributed by atoms with E-state index in [0.29, 0.717) is 11.8 Å². The minimum atomic E-state index is -3.58. The van der Waals surface area contributed by atoms with Crippen LogP contribution in [-0.2, 0) is 17.1 Å². The molecule has 4 N–H and O–H groups in total. The number of hydrogen-bond acceptors (Lipinski definition) is 4. The molecule has 2 aliphatic rings. The van der Waals surface area contributed by atoms with Gasteiger partial charge in [-0.25, -0.2) is 13.1 Å². The van der Waals surface area contributed by atoms with Gasteiger partial charge >= 0.3 is 0 Å². The summed E-state index contributed by atoms with van der Waals surface area (Å²) in [4.78, 5) is 11.2. The average molecular weight is 284 g/mol. The van der Waals surface area contributed by atoms with Crippen molar-refractivity contribution in [3.63, 3.8) is 0 Å². The van der Waals surface area contributed by atoms with Crippen LogP contribution in [0, 0.1) is 11.8 Å². The summed E-state index contributed by atoms with van der Waals surface area (Å²) in [6.45, 7) is 1.72. The van der Waals surface area contributed by atoms with Crippen LogP contribution in [0.1, 0.15) is 10.5 Å². The van der Waals surface area contributed by atoms with Crippen molar-refractivity contribution in [3.8, 4) is 0 Å². The van der Waals surface area contributed by atoms with Gasteiger partial charge in [0.1, 0.15) is 10.6 Å². The van der Waals surface area contributed by atoms with Crippen molar-refractivity contribution in [2.75, 3.05) is 13.1 Å². The summed E-state index contributed by atoms with van der Waals surface area (Å²) in [6, 6.07) is 1.32. The summed E-state index contributed by atoms with van der Waals surface area (Å²) in [7, 11) is -1.99. The summed E-state index contributed by atoms with van der Waals surface area (Å²) in [5, 5.41) is 3.21. The molecule has 2 fully saturated rings. The number of piperidine rings is 1. The zero-order chi connectivity index (χ0) is 13.8. The lowest BCUT2D eigenvalue weighted by Crippen LogP contribution is -2.32. The van der Waals surface area contributed by atoms with E-state index >= 15 is 0 Å². The van der Waals surface area contributed by atoms with E-state index in [1.165, 1.54) is 16.8 Å². The molecule has 2 heterocycles. The first-order valence-corrected chi connectivity index (χ1v) is 7.57. The van der Waals surface area contributed by atoms with E-state index in [4.69, 9.17) is 5.73 Å². The van der Waals surface area contributed by atoms with Crippen molar-refractivity contribution in [1.29, 1.82) is 0 Å². The number of hydrogen-bond donors (Lipinski definition) is 3. The third-order valence-electron chi connectivity index (χ3n) is 3.93. The maximum Gasteiger partial charge on any atom is 0.265 e. The number of rotatable bonds is 4. The number of carbonyl (C=O) groups excluding carboxylic acids is 1. The van der Waals surface area contributed by atoms with E-state index in [2.05, 4.69) is 10.0 Å². The summed E-state index contributed by atoms with van der Waals surface area (Å²) in [5.74, 6) is 0.152. The molecular formula is C11H16N4O3S. The van der Waals surface area contributed by atoms with Gasteiger partial charge in [0.25, 0.3) is 5.91 Å². The second-order valence-electron chi connectivity index (χ2n) is 5.17. The number of aryl methyl sites for hydroxylation is 1. The Morgan fingerprint density at radius 2 is 2.11 bits per heavy atom. The third-order valence-corrected chi connectivity index (χ3v) is 5.35. The second kappa shape index (κ2) is 4.06. The van der Waals surface area contributed by atoms with E-state index < -0.39 is 15.9 Å². The fourth-order valence-electron chi connectivity index (χ4n) is 2.77. The molecule has 1 aliphatic heterocycles. The molecule has 2 atom stereocenters. The van der Waals surface area contributed by atoms with Crippen molar-refractivity contribution >= 4 is 15.9 Å². The standard InChI is InChI=1S/C11H16N4O3S/c1-15-5-6(2-9(15)11(12)16)19(17,18)14-10-7-3-13-4-8(7)10/h2,5,7-8,10,13-14H,3-4H2,1H3,(H2,12,16). The first-order valence-electron chi connectivity index (χ1n) is 6.09. The van der Waals surface area contributed by atoms with Crippen molar-refractivity contribution in [1.82, 2.24) is 14.6 Å². The van der Waals surface area contributed by atoms with Crippen LogP contribution in [0.15, 0.2) is 17.2 Å². The normalized spacial score (nSPS) is 29.2. The SMILES string of the molecule is Cn1cc(S(=O)(=O)NC2C3CNCC32)cc1C(N)=O. The Labute approximate surface area is 111 Å². The molecule has 2 unspecified atom stereocenters. The van der Waals surface area contributed by atoms with Crippen LogP contribution in [0.25, 0.3) is 0 Å². The highest BCUT2D eigenvalue weighted by Gasteiger charge is 2.54. The number of primary amides is 1. The van der Waals surface area contributed by atoms with Crippen LogP contribution in [0.3, 0.4) is 0 Å². The molecule has 1 aliphatic carbocycles. The zero-order valence-corrected chi connectivity index (χ0v) is 11.3. The molecule has 1 aromatic heterocycles. The molecule has 7 nitrogen and oxygen atoms in total. The highest BCUT2D eigenvalue weighted by Crippen LogP contribution is 2.42. The van der Waals surface area contributed by atoms with Gasteiger partial charge in [0, 0.05) is 19.3 Å². The highest BCUT2D eigenvalue weighted by molar-refractivity contribution is 7.89. The van der Waals surface area contributed by atoms with Crippen molar-refractivity contribution in [2.24, 2.45) is 24.6 Å². The number of nitrogens with zero attached hydrogens (tertiary/aromatic N) is 1. The van der Waals surface area contributed by atoms with Crippen LogP contribution < -0.4 is 15.8 Å². The van der Waals surface area contributed by atoms with E-state index in [9.17, 15) is 13.2 Å². The lowest BCUT2D eigenvalue weighted by atomic mass is 10.4. The Kier molecular flexibility index (Phi) is 2.70. The third kappa shape index (κ3) is 2.05. The van der Waals surface area contributed by atoms with E-state index in [1.54, 1.807) is 7.05 Å². The molecule has 1 amide bonds. The predicted octanol–water partition coefficient (Wildman–Crippen LogP) is -1.38. The highest BCUT2D eigenvalue weighted by atomic mass is 32.2. The Hall–Kier alpha value is -1.38. The van der Waals surface area contributed by atoms with Crippen molar-refractivity contribution in [2.45, 2.75) is 10.9 Å². The second-order valence-corrected chi connectivity index (χ2v) is 6.88. The Morgan fingerprint density at radius 1 is 1.47 bits per heavy atom. The molecule has 1 saturated heterocycles. The van der Waals surface area contributed by atoms with E-state index in [0.717, 1.165) is 13.1 Å². The van der Waals surface area contributed by atoms with Gasteiger partial charge in [-0.15, -0.1) is 0 Å². The minimum Gasteiger partial charge on any atom is -0.364 e. The van der Waals surface area contributed by atoms with Gasteiger partial charge in [-0.2, -0.15) is 0 Å². The minimum absolute atomic E-state index is 0.0171. The number of fused-ring (bicyclic) bond motifs is 1. The van der Waals surface area contributed by atoms with E-state index in [1.807, 2.05) is 0 Å². The maximum atomic E-state index is 12.2. The Balaban J connectivity index is 1.80. The van der Waals surface area contributed by atoms with Gasteiger partial charge in [-0.05, 0) is 31.0 Å².